The van der Waals surface area contributed by atoms with Gasteiger partial charge in [-0.15, -0.1) is 11.8 Å². The molecule has 1 aromatic heterocycles. The van der Waals surface area contributed by atoms with Gasteiger partial charge < -0.3 is 15.7 Å². The smallest absolute Gasteiger partial charge is 0.263 e. The summed E-state index contributed by atoms with van der Waals surface area (Å²) in [5.41, 5.74) is 6.96. The average molecular weight is 787 g/mol. The SMILES string of the molecule is O=C1CCC(N2C(=O)c3cccc(SCCCCCCC(=O)Nc4cccc(-c5ccc6c(c5)[C@H]5[C@H](CCN5Cc5ccncc5)[C@@H](CO)N6)c4)c3C2=O)C(=O)N1. The number of piperidine rings is 1. The third-order valence-electron chi connectivity index (χ3n) is 11.6. The Labute approximate surface area is 335 Å². The number of likely N-dealkylation sites (tertiary alicyclic amines) is 1. The van der Waals surface area contributed by atoms with Crippen molar-refractivity contribution in [1.29, 1.82) is 0 Å². The zero-order valence-corrected chi connectivity index (χ0v) is 32.4. The second kappa shape index (κ2) is 17.0. The number of carbonyl (C=O) groups is 5. The Hall–Kier alpha value is -5.37. The predicted octanol–water partition coefficient (Wildman–Crippen LogP) is 6.18. The third-order valence-corrected chi connectivity index (χ3v) is 12.7. The summed E-state index contributed by atoms with van der Waals surface area (Å²) >= 11 is 1.51. The number of aromatic nitrogens is 1. The number of amides is 5. The van der Waals surface area contributed by atoms with E-state index in [1.807, 2.05) is 36.7 Å². The molecule has 0 bridgehead atoms. The molecule has 13 heteroatoms. The molecule has 1 unspecified atom stereocenters. The molecule has 3 aromatic carbocycles. The standard InChI is InChI=1S/C44H46N6O6S/c51-26-35-31-18-21-49(25-27-16-19-45-20-17-27)41(31)33-24-29(12-13-34(33)47-35)28-7-5-8-30(23-28)46-38(52)11-3-1-2-4-22-57-37-10-6-9-32-40(37)44(56)50(43(32)55)36-14-15-39(53)48-42(36)54/h5-10,12-13,16-17,19-20,23-24,31,35-36,41,47,51H,1-4,11,14-15,18,21-22,25-26H2,(H,46,52)(H,48,53,54)/t31-,35-,36?,41-/m1/s1. The molecular weight excluding hydrogens is 741 g/mol. The Kier molecular flexibility index (Phi) is 11.5. The summed E-state index contributed by atoms with van der Waals surface area (Å²) in [7, 11) is 0. The number of imide groups is 2. The van der Waals surface area contributed by atoms with E-state index in [-0.39, 0.29) is 43.0 Å². The molecule has 4 N–H and O–H groups in total. The van der Waals surface area contributed by atoms with E-state index in [0.29, 0.717) is 22.8 Å². The first-order chi connectivity index (χ1) is 27.8. The predicted molar refractivity (Wildman–Crippen MR) is 217 cm³/mol. The minimum atomic E-state index is -0.987. The quantitative estimate of drug-likeness (QED) is 0.0660. The number of aliphatic hydroxyl groups excluding tert-OH is 1. The van der Waals surface area contributed by atoms with Crippen LogP contribution in [0.5, 0.6) is 0 Å². The molecule has 4 aromatic rings. The highest BCUT2D eigenvalue weighted by Crippen LogP contribution is 2.48. The Morgan fingerprint density at radius 2 is 1.70 bits per heavy atom. The van der Waals surface area contributed by atoms with Crippen molar-refractivity contribution in [3.63, 3.8) is 0 Å². The maximum Gasteiger partial charge on any atom is 0.263 e. The van der Waals surface area contributed by atoms with E-state index in [1.165, 1.54) is 22.9 Å². The van der Waals surface area contributed by atoms with Gasteiger partial charge in [-0.2, -0.15) is 0 Å². The lowest BCUT2D eigenvalue weighted by Gasteiger charge is -2.39. The van der Waals surface area contributed by atoms with E-state index >= 15 is 0 Å². The van der Waals surface area contributed by atoms with Crippen LogP contribution in [0.3, 0.4) is 0 Å². The topological polar surface area (TPSA) is 161 Å². The van der Waals surface area contributed by atoms with Crippen LogP contribution >= 0.6 is 11.8 Å². The van der Waals surface area contributed by atoms with Crippen LogP contribution in [0.25, 0.3) is 11.1 Å². The van der Waals surface area contributed by atoms with E-state index in [9.17, 15) is 29.1 Å². The van der Waals surface area contributed by atoms with Crippen LogP contribution in [0.2, 0.25) is 0 Å². The molecule has 8 rings (SSSR count). The molecule has 2 saturated heterocycles. The zero-order chi connectivity index (χ0) is 39.5. The van der Waals surface area contributed by atoms with Gasteiger partial charge in [-0.1, -0.05) is 37.1 Å². The second-order valence-corrected chi connectivity index (χ2v) is 16.4. The second-order valence-electron chi connectivity index (χ2n) is 15.2. The fraction of sp³-hybridized carbons (Fsp3) is 0.364. The fourth-order valence-corrected chi connectivity index (χ4v) is 9.85. The first-order valence-electron chi connectivity index (χ1n) is 19.8. The molecular formula is C44H46N6O6S. The third kappa shape index (κ3) is 8.09. The summed E-state index contributed by atoms with van der Waals surface area (Å²) in [5.74, 6) is -1.02. The normalized spacial score (nSPS) is 21.5. The average Bonchev–Trinajstić information content (AvgIpc) is 3.75. The summed E-state index contributed by atoms with van der Waals surface area (Å²) < 4.78 is 0. The molecule has 0 saturated carbocycles. The molecule has 2 fully saturated rings. The number of fused-ring (bicyclic) bond motifs is 4. The molecule has 12 nitrogen and oxygen atoms in total. The number of carbonyl (C=O) groups excluding carboxylic acids is 5. The summed E-state index contributed by atoms with van der Waals surface area (Å²) in [6.45, 7) is 1.86. The molecule has 5 amide bonds. The molecule has 57 heavy (non-hydrogen) atoms. The van der Waals surface area contributed by atoms with E-state index in [4.69, 9.17) is 0 Å². The highest BCUT2D eigenvalue weighted by atomic mass is 32.2. The van der Waals surface area contributed by atoms with Gasteiger partial charge in [-0.3, -0.25) is 44.1 Å². The van der Waals surface area contributed by atoms with Crippen molar-refractivity contribution >= 4 is 52.7 Å². The van der Waals surface area contributed by atoms with Crippen molar-refractivity contribution in [3.05, 3.63) is 107 Å². The highest BCUT2D eigenvalue weighted by Gasteiger charge is 2.46. The number of benzene rings is 3. The van der Waals surface area contributed by atoms with Crippen LogP contribution in [0.4, 0.5) is 11.4 Å². The van der Waals surface area contributed by atoms with Gasteiger partial charge in [0.15, 0.2) is 0 Å². The van der Waals surface area contributed by atoms with Gasteiger partial charge in [-0.25, -0.2) is 0 Å². The molecule has 294 valence electrons. The molecule has 4 aliphatic heterocycles. The number of nitrogens with zero attached hydrogens (tertiary/aromatic N) is 3. The largest absolute Gasteiger partial charge is 0.394 e. The number of anilines is 2. The van der Waals surface area contributed by atoms with Crippen molar-refractivity contribution in [2.45, 2.75) is 80.9 Å². The molecule has 4 aliphatic rings. The number of nitrogens with one attached hydrogen (secondary N) is 3. The van der Waals surface area contributed by atoms with Gasteiger partial charge in [0.25, 0.3) is 11.8 Å². The van der Waals surface area contributed by atoms with E-state index < -0.39 is 29.7 Å². The number of thioether (sulfide) groups is 1. The lowest BCUT2D eigenvalue weighted by molar-refractivity contribution is -0.136. The summed E-state index contributed by atoms with van der Waals surface area (Å²) in [4.78, 5) is 71.9. The number of hydrogen-bond acceptors (Lipinski definition) is 10. The lowest BCUT2D eigenvalue weighted by atomic mass is 9.82. The summed E-state index contributed by atoms with van der Waals surface area (Å²) in [6.07, 6.45) is 8.69. The van der Waals surface area contributed by atoms with Gasteiger partial charge in [0.05, 0.1) is 23.8 Å². The van der Waals surface area contributed by atoms with Crippen LogP contribution in [-0.2, 0) is 20.9 Å². The van der Waals surface area contributed by atoms with Crippen LogP contribution < -0.4 is 16.0 Å². The van der Waals surface area contributed by atoms with Gasteiger partial charge in [0, 0.05) is 60.0 Å². The van der Waals surface area contributed by atoms with Crippen LogP contribution in [0.1, 0.15) is 89.3 Å². The Bertz CT molecular complexity index is 2200. The molecule has 5 heterocycles. The highest BCUT2D eigenvalue weighted by molar-refractivity contribution is 7.99. The Morgan fingerprint density at radius 3 is 2.53 bits per heavy atom. The van der Waals surface area contributed by atoms with Crippen molar-refractivity contribution < 1.29 is 29.1 Å². The first-order valence-corrected chi connectivity index (χ1v) is 20.8. The zero-order valence-electron chi connectivity index (χ0n) is 31.6. The maximum atomic E-state index is 13.4. The molecule has 0 aliphatic carbocycles. The van der Waals surface area contributed by atoms with Crippen molar-refractivity contribution in [3.8, 4) is 11.1 Å². The molecule has 4 atom stereocenters. The van der Waals surface area contributed by atoms with E-state index in [1.54, 1.807) is 12.1 Å². The number of aliphatic hydroxyl groups is 1. The van der Waals surface area contributed by atoms with Gasteiger partial charge in [-0.05, 0) is 109 Å². The van der Waals surface area contributed by atoms with Crippen LogP contribution in [-0.4, -0.2) is 80.4 Å². The Balaban J connectivity index is 0.819. The van der Waals surface area contributed by atoms with Crippen molar-refractivity contribution in [2.24, 2.45) is 5.92 Å². The minimum absolute atomic E-state index is 0.00463. The van der Waals surface area contributed by atoms with Gasteiger partial charge in [0.2, 0.25) is 17.7 Å². The summed E-state index contributed by atoms with van der Waals surface area (Å²) in [5, 5.41) is 19.2. The molecule has 0 radical (unpaired) electrons. The maximum absolute atomic E-state index is 13.4. The number of rotatable bonds is 14. The summed E-state index contributed by atoms with van der Waals surface area (Å²) in [6, 6.07) is 22.9. The van der Waals surface area contributed by atoms with Gasteiger partial charge in [0.1, 0.15) is 6.04 Å². The lowest BCUT2D eigenvalue weighted by Crippen LogP contribution is -2.54. The van der Waals surface area contributed by atoms with Crippen molar-refractivity contribution in [1.82, 2.24) is 20.1 Å². The van der Waals surface area contributed by atoms with Crippen LogP contribution in [0, 0.1) is 5.92 Å². The Morgan fingerprint density at radius 1 is 0.895 bits per heavy atom. The first kappa shape index (κ1) is 38.5. The van der Waals surface area contributed by atoms with E-state index in [2.05, 4.69) is 62.2 Å². The van der Waals surface area contributed by atoms with Crippen molar-refractivity contribution in [2.75, 3.05) is 29.5 Å². The number of unbranched alkanes of at least 4 members (excludes halogenated alkanes) is 3. The van der Waals surface area contributed by atoms with Gasteiger partial charge >= 0.3 is 0 Å². The van der Waals surface area contributed by atoms with E-state index in [0.717, 1.165) is 78.3 Å². The van der Waals surface area contributed by atoms with Crippen LogP contribution in [0.15, 0.2) is 90.1 Å². The molecule has 0 spiro atoms. The number of hydrogen-bond donors (Lipinski definition) is 4. The number of pyridine rings is 1. The minimum Gasteiger partial charge on any atom is -0.394 e. The fourth-order valence-electron chi connectivity index (χ4n) is 8.77. The monoisotopic (exact) mass is 786 g/mol.